The first-order valence-electron chi connectivity index (χ1n) is 4.23. The standard InChI is InChI=1S/C11H12O3/c1-3-5-8-6-4-7-9(14-2)10(8)11(12)13/h3-7H,1-2H3,(H,12,13)/b5-3+. The zero-order chi connectivity index (χ0) is 10.6. The van der Waals surface area contributed by atoms with Crippen LogP contribution in [-0.4, -0.2) is 18.2 Å². The molecule has 0 saturated carbocycles. The van der Waals surface area contributed by atoms with Crippen LogP contribution in [0, 0.1) is 0 Å². The van der Waals surface area contributed by atoms with Crippen LogP contribution in [0.15, 0.2) is 24.3 Å². The predicted molar refractivity (Wildman–Crippen MR) is 54.7 cm³/mol. The van der Waals surface area contributed by atoms with Crippen molar-refractivity contribution in [2.24, 2.45) is 0 Å². The number of allylic oxidation sites excluding steroid dienone is 1. The lowest BCUT2D eigenvalue weighted by Crippen LogP contribution is -2.02. The molecule has 1 rings (SSSR count). The van der Waals surface area contributed by atoms with E-state index in [1.165, 1.54) is 7.11 Å². The number of hydrogen-bond acceptors (Lipinski definition) is 2. The fourth-order valence-corrected chi connectivity index (χ4v) is 1.27. The SMILES string of the molecule is C/C=C/c1cccc(OC)c1C(=O)O. The minimum absolute atomic E-state index is 0.202. The molecule has 1 N–H and O–H groups in total. The first kappa shape index (κ1) is 10.3. The topological polar surface area (TPSA) is 46.5 Å². The molecule has 0 aliphatic carbocycles. The van der Waals surface area contributed by atoms with Crippen molar-refractivity contribution in [2.75, 3.05) is 7.11 Å². The van der Waals surface area contributed by atoms with Gasteiger partial charge in [-0.15, -0.1) is 0 Å². The van der Waals surface area contributed by atoms with E-state index in [0.717, 1.165) is 0 Å². The molecule has 0 atom stereocenters. The number of aromatic carboxylic acids is 1. The van der Waals surface area contributed by atoms with Crippen LogP contribution in [0.5, 0.6) is 5.75 Å². The van der Waals surface area contributed by atoms with Gasteiger partial charge in [-0.2, -0.15) is 0 Å². The van der Waals surface area contributed by atoms with Crippen LogP contribution in [0.3, 0.4) is 0 Å². The Labute approximate surface area is 82.6 Å². The first-order valence-corrected chi connectivity index (χ1v) is 4.23. The van der Waals surface area contributed by atoms with Gasteiger partial charge in [-0.3, -0.25) is 0 Å². The van der Waals surface area contributed by atoms with Crippen LogP contribution in [0.4, 0.5) is 0 Å². The average molecular weight is 192 g/mol. The van der Waals surface area contributed by atoms with E-state index in [1.54, 1.807) is 30.4 Å². The van der Waals surface area contributed by atoms with Gasteiger partial charge in [0.05, 0.1) is 7.11 Å². The fourth-order valence-electron chi connectivity index (χ4n) is 1.27. The lowest BCUT2D eigenvalue weighted by molar-refractivity contribution is 0.0693. The molecule has 0 aliphatic rings. The lowest BCUT2D eigenvalue weighted by atomic mass is 10.1. The molecule has 3 nitrogen and oxygen atoms in total. The van der Waals surface area contributed by atoms with Gasteiger partial charge in [0.2, 0.25) is 0 Å². The molecule has 1 aromatic carbocycles. The molecule has 14 heavy (non-hydrogen) atoms. The first-order chi connectivity index (χ1) is 6.70. The van der Waals surface area contributed by atoms with Gasteiger partial charge in [0.25, 0.3) is 0 Å². The summed E-state index contributed by atoms with van der Waals surface area (Å²) in [6, 6.07) is 5.14. The molecule has 0 radical (unpaired) electrons. The van der Waals surface area contributed by atoms with Crippen LogP contribution < -0.4 is 4.74 Å². The summed E-state index contributed by atoms with van der Waals surface area (Å²) in [6.45, 7) is 1.84. The molecule has 0 aromatic heterocycles. The Kier molecular flexibility index (Phi) is 3.29. The zero-order valence-electron chi connectivity index (χ0n) is 8.15. The number of methoxy groups -OCH3 is 1. The number of carboxylic acid groups (broad SMARTS) is 1. The number of hydrogen-bond donors (Lipinski definition) is 1. The van der Waals surface area contributed by atoms with E-state index < -0.39 is 5.97 Å². The summed E-state index contributed by atoms with van der Waals surface area (Å²) in [7, 11) is 1.46. The molecule has 0 spiro atoms. The van der Waals surface area contributed by atoms with E-state index >= 15 is 0 Å². The summed E-state index contributed by atoms with van der Waals surface area (Å²) < 4.78 is 4.98. The number of benzene rings is 1. The van der Waals surface area contributed by atoms with Crippen LogP contribution >= 0.6 is 0 Å². The van der Waals surface area contributed by atoms with Crippen molar-refractivity contribution >= 4 is 12.0 Å². The van der Waals surface area contributed by atoms with Crippen LogP contribution in [0.1, 0.15) is 22.8 Å². The highest BCUT2D eigenvalue weighted by molar-refractivity contribution is 5.95. The summed E-state index contributed by atoms with van der Waals surface area (Å²) in [4.78, 5) is 11.0. The zero-order valence-corrected chi connectivity index (χ0v) is 8.15. The van der Waals surface area contributed by atoms with E-state index in [9.17, 15) is 4.79 Å². The third-order valence-corrected chi connectivity index (χ3v) is 1.84. The number of carbonyl (C=O) groups is 1. The molecule has 74 valence electrons. The predicted octanol–water partition coefficient (Wildman–Crippen LogP) is 2.43. The second kappa shape index (κ2) is 4.46. The molecule has 0 aliphatic heterocycles. The molecule has 1 aromatic rings. The summed E-state index contributed by atoms with van der Waals surface area (Å²) >= 11 is 0. The second-order valence-corrected chi connectivity index (χ2v) is 2.73. The van der Waals surface area contributed by atoms with E-state index in [-0.39, 0.29) is 5.56 Å². The number of rotatable bonds is 3. The molecule has 0 fully saturated rings. The monoisotopic (exact) mass is 192 g/mol. The molecular formula is C11H12O3. The van der Waals surface area contributed by atoms with Gasteiger partial charge in [0.1, 0.15) is 11.3 Å². The van der Waals surface area contributed by atoms with Gasteiger partial charge in [0, 0.05) is 0 Å². The molecule has 0 amide bonds. The van der Waals surface area contributed by atoms with Crippen LogP contribution in [0.2, 0.25) is 0 Å². The third kappa shape index (κ3) is 1.93. The Bertz CT molecular complexity index is 367. The largest absolute Gasteiger partial charge is 0.496 e. The van der Waals surface area contributed by atoms with Gasteiger partial charge in [-0.05, 0) is 18.6 Å². The van der Waals surface area contributed by atoms with E-state index in [1.807, 2.05) is 6.92 Å². The quantitative estimate of drug-likeness (QED) is 0.800. The third-order valence-electron chi connectivity index (χ3n) is 1.84. The Morgan fingerprint density at radius 1 is 1.50 bits per heavy atom. The van der Waals surface area contributed by atoms with Gasteiger partial charge in [-0.1, -0.05) is 24.3 Å². The van der Waals surface area contributed by atoms with Gasteiger partial charge in [0.15, 0.2) is 0 Å². The Morgan fingerprint density at radius 2 is 2.21 bits per heavy atom. The minimum Gasteiger partial charge on any atom is -0.496 e. The summed E-state index contributed by atoms with van der Waals surface area (Å²) in [6.07, 6.45) is 3.53. The second-order valence-electron chi connectivity index (χ2n) is 2.73. The fraction of sp³-hybridized carbons (Fsp3) is 0.182. The van der Waals surface area contributed by atoms with E-state index in [0.29, 0.717) is 11.3 Å². The molecule has 0 heterocycles. The van der Waals surface area contributed by atoms with Gasteiger partial charge >= 0.3 is 5.97 Å². The van der Waals surface area contributed by atoms with Crippen molar-refractivity contribution < 1.29 is 14.6 Å². The van der Waals surface area contributed by atoms with Gasteiger partial charge in [-0.25, -0.2) is 4.79 Å². The lowest BCUT2D eigenvalue weighted by Gasteiger charge is -2.07. The van der Waals surface area contributed by atoms with Gasteiger partial charge < -0.3 is 9.84 Å². The highest BCUT2D eigenvalue weighted by atomic mass is 16.5. The minimum atomic E-state index is -0.976. The average Bonchev–Trinajstić information content (AvgIpc) is 2.17. The van der Waals surface area contributed by atoms with Crippen molar-refractivity contribution in [1.82, 2.24) is 0 Å². The maximum atomic E-state index is 11.0. The Hall–Kier alpha value is -1.77. The van der Waals surface area contributed by atoms with Crippen molar-refractivity contribution in [3.05, 3.63) is 35.4 Å². The highest BCUT2D eigenvalue weighted by Crippen LogP contribution is 2.23. The normalized spacial score (nSPS) is 10.4. The Morgan fingerprint density at radius 3 is 2.71 bits per heavy atom. The van der Waals surface area contributed by atoms with E-state index in [4.69, 9.17) is 9.84 Å². The van der Waals surface area contributed by atoms with Crippen molar-refractivity contribution in [1.29, 1.82) is 0 Å². The molecule has 0 saturated heterocycles. The highest BCUT2D eigenvalue weighted by Gasteiger charge is 2.13. The molecule has 3 heteroatoms. The molecule has 0 unspecified atom stereocenters. The number of carboxylic acids is 1. The van der Waals surface area contributed by atoms with Crippen molar-refractivity contribution in [3.63, 3.8) is 0 Å². The van der Waals surface area contributed by atoms with Crippen LogP contribution in [-0.2, 0) is 0 Å². The van der Waals surface area contributed by atoms with Crippen molar-refractivity contribution in [2.45, 2.75) is 6.92 Å². The smallest absolute Gasteiger partial charge is 0.340 e. The summed E-state index contributed by atoms with van der Waals surface area (Å²) in [5, 5.41) is 8.99. The maximum absolute atomic E-state index is 11.0. The molecular weight excluding hydrogens is 180 g/mol. The maximum Gasteiger partial charge on any atom is 0.340 e. The summed E-state index contributed by atoms with van der Waals surface area (Å²) in [5.41, 5.74) is 0.854. The molecule has 0 bridgehead atoms. The van der Waals surface area contributed by atoms with Crippen molar-refractivity contribution in [3.8, 4) is 5.75 Å². The van der Waals surface area contributed by atoms with Crippen LogP contribution in [0.25, 0.3) is 6.08 Å². The number of ether oxygens (including phenoxy) is 1. The van der Waals surface area contributed by atoms with E-state index in [2.05, 4.69) is 0 Å². The Balaban J connectivity index is 3.35. The summed E-state index contributed by atoms with van der Waals surface area (Å²) in [5.74, 6) is -0.594.